The van der Waals surface area contributed by atoms with Crippen LogP contribution < -0.4 is 20.5 Å². The van der Waals surface area contributed by atoms with Gasteiger partial charge in [0.2, 0.25) is 0 Å². The fraction of sp³-hybridized carbons (Fsp3) is 0.316. The van der Waals surface area contributed by atoms with E-state index in [0.29, 0.717) is 37.6 Å². The number of methoxy groups -OCH3 is 1. The SMILES string of the molecule is COCCCOc1ccc(C(=O)Nc2ccc(OCCN)cc2)cc1. The summed E-state index contributed by atoms with van der Waals surface area (Å²) in [7, 11) is 1.66. The van der Waals surface area contributed by atoms with Crippen molar-refractivity contribution in [1.82, 2.24) is 0 Å². The average Bonchev–Trinajstić information content (AvgIpc) is 2.65. The number of hydrogen-bond donors (Lipinski definition) is 2. The van der Waals surface area contributed by atoms with E-state index < -0.39 is 0 Å². The van der Waals surface area contributed by atoms with E-state index in [1.165, 1.54) is 0 Å². The van der Waals surface area contributed by atoms with E-state index in [-0.39, 0.29) is 5.91 Å². The molecule has 6 heteroatoms. The van der Waals surface area contributed by atoms with Crippen LogP contribution in [0.3, 0.4) is 0 Å². The van der Waals surface area contributed by atoms with Crippen molar-refractivity contribution in [2.75, 3.05) is 38.8 Å². The molecule has 0 bridgehead atoms. The molecular formula is C19H24N2O4. The van der Waals surface area contributed by atoms with E-state index in [0.717, 1.165) is 17.9 Å². The Labute approximate surface area is 147 Å². The molecule has 0 aliphatic carbocycles. The molecule has 0 radical (unpaired) electrons. The van der Waals surface area contributed by atoms with Crippen molar-refractivity contribution in [1.29, 1.82) is 0 Å². The third kappa shape index (κ3) is 6.45. The number of anilines is 1. The Balaban J connectivity index is 1.85. The van der Waals surface area contributed by atoms with Crippen LogP contribution >= 0.6 is 0 Å². The molecule has 0 fully saturated rings. The zero-order valence-corrected chi connectivity index (χ0v) is 14.4. The molecule has 0 aliphatic rings. The lowest BCUT2D eigenvalue weighted by atomic mass is 10.2. The minimum absolute atomic E-state index is 0.179. The van der Waals surface area contributed by atoms with Crippen LogP contribution in [0.4, 0.5) is 5.69 Å². The molecule has 2 aromatic carbocycles. The maximum atomic E-state index is 12.3. The van der Waals surface area contributed by atoms with Gasteiger partial charge < -0.3 is 25.3 Å². The Morgan fingerprint density at radius 3 is 2.12 bits per heavy atom. The predicted molar refractivity (Wildman–Crippen MR) is 97.4 cm³/mol. The van der Waals surface area contributed by atoms with Gasteiger partial charge in [-0.05, 0) is 48.5 Å². The fourth-order valence-electron chi connectivity index (χ4n) is 2.11. The summed E-state index contributed by atoms with van der Waals surface area (Å²) in [4.78, 5) is 12.3. The van der Waals surface area contributed by atoms with Gasteiger partial charge in [0.05, 0.1) is 6.61 Å². The van der Waals surface area contributed by atoms with E-state index in [1.807, 2.05) is 0 Å². The molecule has 0 unspecified atom stereocenters. The molecule has 25 heavy (non-hydrogen) atoms. The van der Waals surface area contributed by atoms with Crippen LogP contribution in [0, 0.1) is 0 Å². The summed E-state index contributed by atoms with van der Waals surface area (Å²) < 4.78 is 15.9. The van der Waals surface area contributed by atoms with Gasteiger partial charge in [0.25, 0.3) is 5.91 Å². The average molecular weight is 344 g/mol. The van der Waals surface area contributed by atoms with Crippen LogP contribution in [0.15, 0.2) is 48.5 Å². The maximum absolute atomic E-state index is 12.3. The Morgan fingerprint density at radius 2 is 1.52 bits per heavy atom. The Kier molecular flexibility index (Phi) is 7.75. The molecule has 2 rings (SSSR count). The minimum atomic E-state index is -0.179. The second-order valence-electron chi connectivity index (χ2n) is 5.33. The number of rotatable bonds is 10. The topological polar surface area (TPSA) is 82.8 Å². The van der Waals surface area contributed by atoms with Crippen molar-refractivity contribution >= 4 is 11.6 Å². The highest BCUT2D eigenvalue weighted by Crippen LogP contribution is 2.17. The van der Waals surface area contributed by atoms with E-state index in [2.05, 4.69) is 5.32 Å². The van der Waals surface area contributed by atoms with Gasteiger partial charge in [-0.25, -0.2) is 0 Å². The Morgan fingerprint density at radius 1 is 0.920 bits per heavy atom. The second kappa shape index (κ2) is 10.3. The van der Waals surface area contributed by atoms with Crippen LogP contribution in [-0.4, -0.2) is 39.4 Å². The molecule has 1 amide bonds. The zero-order chi connectivity index (χ0) is 17.9. The van der Waals surface area contributed by atoms with Gasteiger partial charge in [-0.3, -0.25) is 4.79 Å². The molecule has 0 atom stereocenters. The number of ether oxygens (including phenoxy) is 3. The highest BCUT2D eigenvalue weighted by atomic mass is 16.5. The number of carbonyl (C=O) groups is 1. The summed E-state index contributed by atoms with van der Waals surface area (Å²) in [5, 5.41) is 2.84. The first-order valence-electron chi connectivity index (χ1n) is 8.19. The number of nitrogens with one attached hydrogen (secondary N) is 1. The number of benzene rings is 2. The van der Waals surface area contributed by atoms with Gasteiger partial charge in [-0.15, -0.1) is 0 Å². The highest BCUT2D eigenvalue weighted by Gasteiger charge is 2.06. The van der Waals surface area contributed by atoms with Crippen molar-refractivity contribution < 1.29 is 19.0 Å². The van der Waals surface area contributed by atoms with Crippen molar-refractivity contribution in [3.8, 4) is 11.5 Å². The molecular weight excluding hydrogens is 320 g/mol. The molecule has 134 valence electrons. The highest BCUT2D eigenvalue weighted by molar-refractivity contribution is 6.04. The Hall–Kier alpha value is -2.57. The van der Waals surface area contributed by atoms with Crippen LogP contribution in [-0.2, 0) is 4.74 Å². The first-order valence-corrected chi connectivity index (χ1v) is 8.19. The number of nitrogens with two attached hydrogens (primary N) is 1. The fourth-order valence-corrected chi connectivity index (χ4v) is 2.11. The van der Waals surface area contributed by atoms with Gasteiger partial charge in [0.1, 0.15) is 18.1 Å². The van der Waals surface area contributed by atoms with E-state index in [9.17, 15) is 4.79 Å². The molecule has 6 nitrogen and oxygen atoms in total. The molecule has 0 aliphatic heterocycles. The van der Waals surface area contributed by atoms with E-state index in [4.69, 9.17) is 19.9 Å². The smallest absolute Gasteiger partial charge is 0.255 e. The lowest BCUT2D eigenvalue weighted by Gasteiger charge is -2.09. The van der Waals surface area contributed by atoms with Crippen LogP contribution in [0.5, 0.6) is 11.5 Å². The lowest BCUT2D eigenvalue weighted by Crippen LogP contribution is -2.12. The molecule has 0 spiro atoms. The maximum Gasteiger partial charge on any atom is 0.255 e. The number of carbonyl (C=O) groups excluding carboxylic acids is 1. The largest absolute Gasteiger partial charge is 0.494 e. The van der Waals surface area contributed by atoms with Crippen molar-refractivity contribution in [3.63, 3.8) is 0 Å². The number of amides is 1. The van der Waals surface area contributed by atoms with Gasteiger partial charge in [-0.2, -0.15) is 0 Å². The molecule has 2 aromatic rings. The predicted octanol–water partition coefficient (Wildman–Crippen LogP) is 2.69. The summed E-state index contributed by atoms with van der Waals surface area (Å²) in [5.41, 5.74) is 6.65. The molecule has 0 saturated heterocycles. The molecule has 0 heterocycles. The van der Waals surface area contributed by atoms with Gasteiger partial charge in [-0.1, -0.05) is 0 Å². The van der Waals surface area contributed by atoms with Crippen molar-refractivity contribution in [2.45, 2.75) is 6.42 Å². The van der Waals surface area contributed by atoms with E-state index >= 15 is 0 Å². The van der Waals surface area contributed by atoms with Gasteiger partial charge in [0, 0.05) is 37.9 Å². The summed E-state index contributed by atoms with van der Waals surface area (Å²) in [6.07, 6.45) is 0.823. The lowest BCUT2D eigenvalue weighted by molar-refractivity contribution is 0.102. The summed E-state index contributed by atoms with van der Waals surface area (Å²) in [6, 6.07) is 14.2. The second-order valence-corrected chi connectivity index (χ2v) is 5.33. The van der Waals surface area contributed by atoms with Gasteiger partial charge >= 0.3 is 0 Å². The monoisotopic (exact) mass is 344 g/mol. The number of hydrogen-bond acceptors (Lipinski definition) is 5. The standard InChI is InChI=1S/C19H24N2O4/c1-23-12-2-13-24-17-7-3-15(4-8-17)19(22)21-16-5-9-18(10-6-16)25-14-11-20/h3-10H,2,11-14,20H2,1H3,(H,21,22). The third-order valence-electron chi connectivity index (χ3n) is 3.38. The van der Waals surface area contributed by atoms with E-state index in [1.54, 1.807) is 55.6 Å². The molecule has 0 aromatic heterocycles. The van der Waals surface area contributed by atoms with Crippen molar-refractivity contribution in [3.05, 3.63) is 54.1 Å². The van der Waals surface area contributed by atoms with Crippen LogP contribution in [0.25, 0.3) is 0 Å². The first-order chi connectivity index (χ1) is 12.2. The molecule has 0 saturated carbocycles. The van der Waals surface area contributed by atoms with Crippen molar-refractivity contribution in [2.24, 2.45) is 5.73 Å². The Bertz CT molecular complexity index is 641. The summed E-state index contributed by atoms with van der Waals surface area (Å²) >= 11 is 0. The van der Waals surface area contributed by atoms with Crippen LogP contribution in [0.1, 0.15) is 16.8 Å². The van der Waals surface area contributed by atoms with Crippen LogP contribution in [0.2, 0.25) is 0 Å². The minimum Gasteiger partial charge on any atom is -0.494 e. The summed E-state index contributed by atoms with van der Waals surface area (Å²) in [5.74, 6) is 1.27. The third-order valence-corrected chi connectivity index (χ3v) is 3.38. The zero-order valence-electron chi connectivity index (χ0n) is 14.4. The normalized spacial score (nSPS) is 10.3. The molecule has 3 N–H and O–H groups in total. The summed E-state index contributed by atoms with van der Waals surface area (Å²) in [6.45, 7) is 2.17. The van der Waals surface area contributed by atoms with Gasteiger partial charge in [0.15, 0.2) is 0 Å². The quantitative estimate of drug-likeness (QED) is 0.648. The first kappa shape index (κ1) is 18.8.